The molecule has 0 radical (unpaired) electrons. The Morgan fingerprint density at radius 2 is 1.10 bits per heavy atom. The van der Waals surface area contributed by atoms with Gasteiger partial charge in [-0.25, -0.2) is 0 Å². The van der Waals surface area contributed by atoms with E-state index in [1.807, 2.05) is 6.07 Å². The van der Waals surface area contributed by atoms with E-state index in [1.54, 1.807) is 0 Å². The molecule has 0 aliphatic rings. The Labute approximate surface area is 232 Å². The number of nitrogens with zero attached hydrogens (tertiary/aromatic N) is 1. The molecule has 0 saturated heterocycles. The van der Waals surface area contributed by atoms with E-state index in [4.69, 9.17) is 4.42 Å². The third-order valence-corrected chi connectivity index (χ3v) is 8.85. The van der Waals surface area contributed by atoms with Crippen molar-refractivity contribution in [2.75, 3.05) is 0 Å². The molecule has 2 aromatic heterocycles. The largest absolute Gasteiger partial charge is 0.453 e. The van der Waals surface area contributed by atoms with Crippen molar-refractivity contribution in [1.82, 2.24) is 4.57 Å². The Hall–Kier alpha value is -4.60. The van der Waals surface area contributed by atoms with E-state index in [1.165, 1.54) is 54.5 Å². The van der Waals surface area contributed by atoms with Gasteiger partial charge in [0.15, 0.2) is 5.58 Å². The SMILES string of the molecule is Brc1cccc2c1oc1c(-n3c4cccc5c6ccccc6c6c(-c7ccccc7)ccc3c6c54)cccc12. The highest BCUT2D eigenvalue weighted by Gasteiger charge is 2.23. The van der Waals surface area contributed by atoms with Gasteiger partial charge in [0.05, 0.1) is 21.2 Å². The minimum absolute atomic E-state index is 0.880. The van der Waals surface area contributed by atoms with Crippen LogP contribution in [-0.2, 0) is 0 Å². The van der Waals surface area contributed by atoms with Crippen LogP contribution in [0.3, 0.4) is 0 Å². The molecule has 0 unspecified atom stereocenters. The Morgan fingerprint density at radius 1 is 0.462 bits per heavy atom. The molecule has 0 saturated carbocycles. The third-order valence-electron chi connectivity index (χ3n) is 8.23. The number of furan rings is 1. The van der Waals surface area contributed by atoms with Crippen LogP contribution >= 0.6 is 15.9 Å². The van der Waals surface area contributed by atoms with Crippen molar-refractivity contribution in [3.05, 3.63) is 126 Å². The minimum atomic E-state index is 0.880. The van der Waals surface area contributed by atoms with Gasteiger partial charge in [0.1, 0.15) is 5.58 Å². The Balaban J connectivity index is 1.52. The van der Waals surface area contributed by atoms with E-state index in [-0.39, 0.29) is 0 Å². The quantitative estimate of drug-likeness (QED) is 0.192. The Morgan fingerprint density at radius 3 is 1.97 bits per heavy atom. The zero-order valence-corrected chi connectivity index (χ0v) is 22.4. The van der Waals surface area contributed by atoms with Crippen molar-refractivity contribution in [2.45, 2.75) is 0 Å². The smallest absolute Gasteiger partial charge is 0.159 e. The van der Waals surface area contributed by atoms with Crippen molar-refractivity contribution in [3.8, 4) is 16.8 Å². The van der Waals surface area contributed by atoms with Gasteiger partial charge in [-0.05, 0) is 67.5 Å². The summed E-state index contributed by atoms with van der Waals surface area (Å²) in [4.78, 5) is 0. The lowest BCUT2D eigenvalue weighted by Crippen LogP contribution is -1.94. The summed E-state index contributed by atoms with van der Waals surface area (Å²) < 4.78 is 9.97. The molecule has 3 heteroatoms. The van der Waals surface area contributed by atoms with E-state index < -0.39 is 0 Å². The molecule has 9 aromatic rings. The second-order valence-corrected chi connectivity index (χ2v) is 11.1. The first-order chi connectivity index (χ1) is 19.3. The lowest BCUT2D eigenvalue weighted by molar-refractivity contribution is 0.664. The summed E-state index contributed by atoms with van der Waals surface area (Å²) in [6.45, 7) is 0. The van der Waals surface area contributed by atoms with E-state index >= 15 is 0 Å². The zero-order valence-electron chi connectivity index (χ0n) is 20.8. The molecule has 0 aliphatic heterocycles. The number of benzene rings is 7. The van der Waals surface area contributed by atoms with Gasteiger partial charge < -0.3 is 8.98 Å². The van der Waals surface area contributed by atoms with Gasteiger partial charge in [0.25, 0.3) is 0 Å². The molecule has 2 heterocycles. The van der Waals surface area contributed by atoms with E-state index in [0.717, 1.165) is 32.1 Å². The maximum Gasteiger partial charge on any atom is 0.159 e. The van der Waals surface area contributed by atoms with Crippen molar-refractivity contribution < 1.29 is 4.42 Å². The molecule has 0 spiro atoms. The Kier molecular flexibility index (Phi) is 4.22. The summed E-state index contributed by atoms with van der Waals surface area (Å²) in [5, 5.41) is 9.98. The molecule has 39 heavy (non-hydrogen) atoms. The van der Waals surface area contributed by atoms with Crippen LogP contribution in [0.25, 0.3) is 82.1 Å². The fourth-order valence-corrected chi connectivity index (χ4v) is 7.10. The van der Waals surface area contributed by atoms with E-state index in [9.17, 15) is 0 Å². The lowest BCUT2D eigenvalue weighted by atomic mass is 9.89. The van der Waals surface area contributed by atoms with Crippen LogP contribution in [0, 0.1) is 0 Å². The molecule has 0 fully saturated rings. The van der Waals surface area contributed by atoms with E-state index in [0.29, 0.717) is 0 Å². The second kappa shape index (κ2) is 7.72. The standard InChI is InChI=1S/C36H20BrNO/c37-28-16-6-14-26-27-15-8-18-31(36(27)39-35(26)28)38-29-17-7-13-25-23-11-4-5-12-24(23)32-22(21-9-2-1-3-10-21)19-20-30(38)34(32)33(25)29/h1-20H. The molecule has 0 atom stereocenters. The van der Waals surface area contributed by atoms with Crippen LogP contribution in [0.5, 0.6) is 0 Å². The van der Waals surface area contributed by atoms with Crippen molar-refractivity contribution >= 4 is 81.2 Å². The zero-order chi connectivity index (χ0) is 25.7. The van der Waals surface area contributed by atoms with Gasteiger partial charge in [-0.3, -0.25) is 0 Å². The molecule has 9 rings (SSSR count). The first kappa shape index (κ1) is 21.3. The van der Waals surface area contributed by atoms with Gasteiger partial charge in [0.2, 0.25) is 0 Å². The number of halogens is 1. The Bertz CT molecular complexity index is 2390. The van der Waals surface area contributed by atoms with Gasteiger partial charge >= 0.3 is 0 Å². The third kappa shape index (κ3) is 2.75. The summed E-state index contributed by atoms with van der Waals surface area (Å²) >= 11 is 3.70. The molecule has 182 valence electrons. The highest BCUT2D eigenvalue weighted by Crippen LogP contribution is 2.48. The highest BCUT2D eigenvalue weighted by molar-refractivity contribution is 9.10. The average Bonchev–Trinajstić information content (AvgIpc) is 3.54. The molecule has 0 N–H and O–H groups in total. The van der Waals surface area contributed by atoms with Crippen molar-refractivity contribution in [2.24, 2.45) is 0 Å². The van der Waals surface area contributed by atoms with Gasteiger partial charge in [0, 0.05) is 26.9 Å². The van der Waals surface area contributed by atoms with Crippen LogP contribution in [-0.4, -0.2) is 4.57 Å². The van der Waals surface area contributed by atoms with Crippen LogP contribution in [0.2, 0.25) is 0 Å². The molecular weight excluding hydrogens is 542 g/mol. The fourth-order valence-electron chi connectivity index (χ4n) is 6.66. The number of hydrogen-bond acceptors (Lipinski definition) is 1. The van der Waals surface area contributed by atoms with Crippen molar-refractivity contribution in [3.63, 3.8) is 0 Å². The highest BCUT2D eigenvalue weighted by atomic mass is 79.9. The fraction of sp³-hybridized carbons (Fsp3) is 0. The van der Waals surface area contributed by atoms with Crippen LogP contribution in [0.4, 0.5) is 0 Å². The summed E-state index contributed by atoms with van der Waals surface area (Å²) in [7, 11) is 0. The number of para-hydroxylation sites is 2. The summed E-state index contributed by atoms with van der Waals surface area (Å²) in [5.74, 6) is 0. The molecule has 0 amide bonds. The van der Waals surface area contributed by atoms with Gasteiger partial charge in [-0.1, -0.05) is 97.1 Å². The van der Waals surface area contributed by atoms with Gasteiger partial charge in [-0.15, -0.1) is 0 Å². The molecule has 7 aromatic carbocycles. The monoisotopic (exact) mass is 561 g/mol. The summed E-state index contributed by atoms with van der Waals surface area (Å²) in [6.07, 6.45) is 0. The normalized spacial score (nSPS) is 12.2. The number of hydrogen-bond donors (Lipinski definition) is 0. The van der Waals surface area contributed by atoms with Crippen LogP contribution in [0.1, 0.15) is 0 Å². The lowest BCUT2D eigenvalue weighted by Gasteiger charge is -2.13. The molecule has 0 bridgehead atoms. The van der Waals surface area contributed by atoms with Gasteiger partial charge in [-0.2, -0.15) is 0 Å². The van der Waals surface area contributed by atoms with E-state index in [2.05, 4.69) is 136 Å². The number of aromatic nitrogens is 1. The first-order valence-electron chi connectivity index (χ1n) is 13.1. The predicted octanol–water partition coefficient (Wildman–Crippen LogP) is 10.9. The van der Waals surface area contributed by atoms with Crippen LogP contribution < -0.4 is 0 Å². The topological polar surface area (TPSA) is 18.1 Å². The van der Waals surface area contributed by atoms with Crippen molar-refractivity contribution in [1.29, 1.82) is 0 Å². The second-order valence-electron chi connectivity index (χ2n) is 10.2. The average molecular weight is 562 g/mol. The molecule has 2 nitrogen and oxygen atoms in total. The molecular formula is C36H20BrNO. The maximum absolute atomic E-state index is 6.60. The first-order valence-corrected chi connectivity index (χ1v) is 13.9. The number of rotatable bonds is 2. The predicted molar refractivity (Wildman–Crippen MR) is 167 cm³/mol. The summed E-state index contributed by atoms with van der Waals surface area (Å²) in [6, 6.07) is 43.6. The minimum Gasteiger partial charge on any atom is -0.453 e. The molecule has 0 aliphatic carbocycles. The number of fused-ring (bicyclic) bond motifs is 6. The van der Waals surface area contributed by atoms with Crippen LogP contribution in [0.15, 0.2) is 130 Å². The maximum atomic E-state index is 6.60. The summed E-state index contributed by atoms with van der Waals surface area (Å²) in [5.41, 5.74) is 7.70.